The minimum atomic E-state index is -0.625. The standard InChI is InChI=1S/C30H42N6O6/c1-19(22-10-12-25(13-11-22)31-16-37)34-28(40)35(20(2)23-6-4-8-26(14-23)32-17-38)30(42)36(29(34)41)21(3)24-7-5-9-27(15-24)33-18-39/h19-27H,4-15H2,1-3H3. The minimum absolute atomic E-state index is 0.000459. The molecule has 0 bridgehead atoms. The Hall–Kier alpha value is -3.45. The normalized spacial score (nSPS) is 30.1. The molecule has 0 saturated heterocycles. The molecule has 0 amide bonds. The van der Waals surface area contributed by atoms with E-state index in [4.69, 9.17) is 0 Å². The molecule has 3 aliphatic carbocycles. The number of hydrogen-bond acceptors (Lipinski definition) is 9. The van der Waals surface area contributed by atoms with Crippen LogP contribution in [0.3, 0.4) is 0 Å². The van der Waals surface area contributed by atoms with Crippen LogP contribution in [0.1, 0.15) is 116 Å². The molecule has 1 heterocycles. The first-order chi connectivity index (χ1) is 20.2. The van der Waals surface area contributed by atoms with Gasteiger partial charge in [0.1, 0.15) is 0 Å². The number of hydrogen-bond donors (Lipinski definition) is 0. The quantitative estimate of drug-likeness (QED) is 0.320. The summed E-state index contributed by atoms with van der Waals surface area (Å²) in [6.07, 6.45) is 13.4. The van der Waals surface area contributed by atoms with Crippen LogP contribution in [-0.4, -0.2) is 50.1 Å². The Bertz CT molecular complexity index is 1350. The second-order valence-corrected chi connectivity index (χ2v) is 12.6. The fourth-order valence-corrected chi connectivity index (χ4v) is 7.72. The molecule has 3 fully saturated rings. The Kier molecular flexibility index (Phi) is 10.6. The molecule has 12 nitrogen and oxygen atoms in total. The maximum absolute atomic E-state index is 14.2. The van der Waals surface area contributed by atoms with Crippen LogP contribution in [-0.2, 0) is 14.4 Å². The van der Waals surface area contributed by atoms with Crippen LogP contribution in [0.4, 0.5) is 0 Å². The van der Waals surface area contributed by atoms with Gasteiger partial charge in [-0.3, -0.25) is 0 Å². The Balaban J connectivity index is 1.79. The smallest absolute Gasteiger partial charge is 0.247 e. The van der Waals surface area contributed by atoms with Crippen molar-refractivity contribution in [2.75, 3.05) is 0 Å². The summed E-state index contributed by atoms with van der Waals surface area (Å²) in [5.41, 5.74) is -1.86. The summed E-state index contributed by atoms with van der Waals surface area (Å²) in [6.45, 7) is 5.54. The number of aliphatic imine (C=N–C) groups is 3. The van der Waals surface area contributed by atoms with Gasteiger partial charge < -0.3 is 0 Å². The first kappa shape index (κ1) is 31.5. The van der Waals surface area contributed by atoms with E-state index in [0.717, 1.165) is 38.5 Å². The first-order valence-electron chi connectivity index (χ1n) is 15.4. The van der Waals surface area contributed by atoms with Gasteiger partial charge in [0, 0.05) is 18.1 Å². The average Bonchev–Trinajstić information content (AvgIpc) is 2.98. The lowest BCUT2D eigenvalue weighted by Crippen LogP contribution is -2.58. The molecule has 7 atom stereocenters. The molecule has 12 heteroatoms. The topological polar surface area (TPSA) is 154 Å². The van der Waals surface area contributed by atoms with E-state index in [1.54, 1.807) is 18.2 Å². The third-order valence-electron chi connectivity index (χ3n) is 10.3. The van der Waals surface area contributed by atoms with Crippen molar-refractivity contribution in [2.24, 2.45) is 32.7 Å². The molecule has 0 radical (unpaired) electrons. The van der Waals surface area contributed by atoms with Crippen molar-refractivity contribution in [1.82, 2.24) is 13.7 Å². The zero-order valence-corrected chi connectivity index (χ0v) is 24.8. The van der Waals surface area contributed by atoms with Gasteiger partial charge in [-0.2, -0.15) is 0 Å². The SMILES string of the molecule is CC(C1CCC(N=C=O)CC1)n1c(=O)n(C(C)C2CCCC(N=C=O)C2)c(=O)n(C(C)C2CCCC(N=C=O)C2)c1=O. The van der Waals surface area contributed by atoms with E-state index in [0.29, 0.717) is 38.5 Å². The summed E-state index contributed by atoms with van der Waals surface area (Å²) in [5.74, 6) is -0.150. The van der Waals surface area contributed by atoms with Gasteiger partial charge in [0.15, 0.2) is 0 Å². The molecule has 3 saturated carbocycles. The lowest BCUT2D eigenvalue weighted by atomic mass is 9.81. The highest BCUT2D eigenvalue weighted by Gasteiger charge is 2.36. The highest BCUT2D eigenvalue weighted by molar-refractivity contribution is 5.34. The predicted molar refractivity (Wildman–Crippen MR) is 155 cm³/mol. The summed E-state index contributed by atoms with van der Waals surface area (Å²) in [6, 6.07) is -2.00. The molecule has 0 aromatic carbocycles. The number of rotatable bonds is 9. The first-order valence-corrected chi connectivity index (χ1v) is 15.4. The third kappa shape index (κ3) is 6.62. The molecule has 228 valence electrons. The molecular formula is C30H42N6O6. The summed E-state index contributed by atoms with van der Waals surface area (Å²) in [5, 5.41) is 0. The van der Waals surface area contributed by atoms with Crippen LogP contribution in [0, 0.1) is 17.8 Å². The van der Waals surface area contributed by atoms with Gasteiger partial charge in [-0.15, -0.1) is 0 Å². The van der Waals surface area contributed by atoms with Crippen LogP contribution < -0.4 is 17.1 Å². The van der Waals surface area contributed by atoms with Gasteiger partial charge in [-0.1, -0.05) is 12.8 Å². The molecular weight excluding hydrogens is 540 g/mol. The van der Waals surface area contributed by atoms with E-state index in [1.165, 1.54) is 13.7 Å². The summed E-state index contributed by atoms with van der Waals surface area (Å²) in [7, 11) is 0. The molecule has 3 aliphatic rings. The number of nitrogens with zero attached hydrogens (tertiary/aromatic N) is 6. The Labute approximate surface area is 244 Å². The van der Waals surface area contributed by atoms with Crippen molar-refractivity contribution in [3.05, 3.63) is 31.5 Å². The van der Waals surface area contributed by atoms with Crippen molar-refractivity contribution in [1.29, 1.82) is 0 Å². The Morgan fingerprint density at radius 1 is 0.524 bits per heavy atom. The monoisotopic (exact) mass is 582 g/mol. The van der Waals surface area contributed by atoms with Crippen molar-refractivity contribution < 1.29 is 14.4 Å². The van der Waals surface area contributed by atoms with E-state index >= 15 is 0 Å². The highest BCUT2D eigenvalue weighted by Crippen LogP contribution is 2.36. The predicted octanol–water partition coefficient (Wildman–Crippen LogP) is 3.54. The van der Waals surface area contributed by atoms with E-state index in [1.807, 2.05) is 20.8 Å². The number of isocyanates is 3. The molecule has 42 heavy (non-hydrogen) atoms. The van der Waals surface area contributed by atoms with Gasteiger partial charge in [0.05, 0.1) is 18.1 Å². The van der Waals surface area contributed by atoms with Crippen molar-refractivity contribution in [2.45, 2.75) is 134 Å². The lowest BCUT2D eigenvalue weighted by Gasteiger charge is -2.35. The van der Waals surface area contributed by atoms with Crippen molar-refractivity contribution in [3.63, 3.8) is 0 Å². The maximum Gasteiger partial charge on any atom is 0.336 e. The maximum atomic E-state index is 14.2. The van der Waals surface area contributed by atoms with Crippen molar-refractivity contribution in [3.8, 4) is 0 Å². The second-order valence-electron chi connectivity index (χ2n) is 12.6. The molecule has 0 aliphatic heterocycles. The second kappa shape index (κ2) is 14.1. The molecule has 0 spiro atoms. The number of aromatic nitrogens is 3. The van der Waals surface area contributed by atoms with Crippen LogP contribution in [0.15, 0.2) is 29.4 Å². The molecule has 1 aromatic heterocycles. The minimum Gasteiger partial charge on any atom is -0.247 e. The van der Waals surface area contributed by atoms with Crippen molar-refractivity contribution >= 4 is 18.2 Å². The van der Waals surface area contributed by atoms with Crippen LogP contribution in [0.5, 0.6) is 0 Å². The Morgan fingerprint density at radius 3 is 1.26 bits per heavy atom. The molecule has 1 aromatic rings. The zero-order chi connectivity index (χ0) is 30.4. The van der Waals surface area contributed by atoms with E-state index < -0.39 is 35.2 Å². The van der Waals surface area contributed by atoms with E-state index in [9.17, 15) is 28.8 Å². The average molecular weight is 583 g/mol. The highest BCUT2D eigenvalue weighted by atomic mass is 16.2. The summed E-state index contributed by atoms with van der Waals surface area (Å²) in [4.78, 5) is 86.8. The van der Waals surface area contributed by atoms with Gasteiger partial charge in [0.2, 0.25) is 18.2 Å². The van der Waals surface area contributed by atoms with E-state index in [-0.39, 0.29) is 35.9 Å². The molecule has 7 unspecified atom stereocenters. The fraction of sp³-hybridized carbons (Fsp3) is 0.800. The van der Waals surface area contributed by atoms with Gasteiger partial charge in [-0.25, -0.2) is 57.4 Å². The molecule has 4 rings (SSSR count). The lowest BCUT2D eigenvalue weighted by molar-refractivity contribution is 0.185. The third-order valence-corrected chi connectivity index (χ3v) is 10.3. The van der Waals surface area contributed by atoms with Crippen LogP contribution >= 0.6 is 0 Å². The molecule has 0 N–H and O–H groups in total. The van der Waals surface area contributed by atoms with Gasteiger partial charge in [-0.05, 0) is 103 Å². The van der Waals surface area contributed by atoms with E-state index in [2.05, 4.69) is 15.0 Å². The number of carbonyl (C=O) groups excluding carboxylic acids is 3. The zero-order valence-electron chi connectivity index (χ0n) is 24.8. The summed E-state index contributed by atoms with van der Waals surface area (Å²) < 4.78 is 3.76. The van der Waals surface area contributed by atoms with Gasteiger partial charge >= 0.3 is 17.1 Å². The van der Waals surface area contributed by atoms with Crippen LogP contribution in [0.25, 0.3) is 0 Å². The Morgan fingerprint density at radius 2 is 0.881 bits per heavy atom. The largest absolute Gasteiger partial charge is 0.336 e. The van der Waals surface area contributed by atoms with Gasteiger partial charge in [0.25, 0.3) is 0 Å². The van der Waals surface area contributed by atoms with Crippen LogP contribution in [0.2, 0.25) is 0 Å². The fourth-order valence-electron chi connectivity index (χ4n) is 7.72. The summed E-state index contributed by atoms with van der Waals surface area (Å²) >= 11 is 0.